The Morgan fingerprint density at radius 3 is 2.83 bits per heavy atom. The highest BCUT2D eigenvalue weighted by atomic mass is 35.5. The van der Waals surface area contributed by atoms with Crippen LogP contribution in [0, 0.1) is 5.92 Å². The molecule has 150 valence electrons. The predicted octanol–water partition coefficient (Wildman–Crippen LogP) is 6.15. The molecular formula is C25H28ClN3. The van der Waals surface area contributed by atoms with Crippen LogP contribution in [0.15, 0.2) is 36.4 Å². The quantitative estimate of drug-likeness (QED) is 0.551. The normalized spacial score (nSPS) is 19.5. The van der Waals surface area contributed by atoms with Crippen LogP contribution in [0.5, 0.6) is 0 Å². The third kappa shape index (κ3) is 2.98. The molecule has 0 amide bonds. The van der Waals surface area contributed by atoms with Crippen LogP contribution in [-0.2, 0) is 19.5 Å². The Balaban J connectivity index is 1.47. The maximum atomic E-state index is 6.57. The highest BCUT2D eigenvalue weighted by Crippen LogP contribution is 2.41. The maximum absolute atomic E-state index is 6.57. The summed E-state index contributed by atoms with van der Waals surface area (Å²) < 4.78 is 2.53. The van der Waals surface area contributed by atoms with E-state index in [9.17, 15) is 0 Å². The second-order valence-electron chi connectivity index (χ2n) is 9.08. The van der Waals surface area contributed by atoms with Crippen molar-refractivity contribution in [1.82, 2.24) is 9.47 Å². The van der Waals surface area contributed by atoms with Gasteiger partial charge in [0.25, 0.3) is 0 Å². The van der Waals surface area contributed by atoms with Crippen molar-refractivity contribution < 1.29 is 0 Å². The zero-order valence-corrected chi connectivity index (χ0v) is 17.6. The fraction of sp³-hybridized carbons (Fsp3) is 0.440. The van der Waals surface area contributed by atoms with Gasteiger partial charge in [0.05, 0.1) is 16.9 Å². The van der Waals surface area contributed by atoms with E-state index < -0.39 is 0 Å². The molecule has 0 radical (unpaired) electrons. The third-order valence-corrected chi connectivity index (χ3v) is 7.45. The first kappa shape index (κ1) is 17.9. The lowest BCUT2D eigenvalue weighted by atomic mass is 9.88. The van der Waals surface area contributed by atoms with Crippen LogP contribution in [0.1, 0.15) is 48.9 Å². The number of benzene rings is 2. The monoisotopic (exact) mass is 405 g/mol. The summed E-state index contributed by atoms with van der Waals surface area (Å²) in [5.41, 5.74) is 8.13. The van der Waals surface area contributed by atoms with Gasteiger partial charge in [-0.05, 0) is 48.1 Å². The molecule has 3 aromatic rings. The zero-order valence-electron chi connectivity index (χ0n) is 16.9. The Morgan fingerprint density at radius 1 is 1.07 bits per heavy atom. The van der Waals surface area contributed by atoms with E-state index in [4.69, 9.17) is 11.6 Å². The van der Waals surface area contributed by atoms with Gasteiger partial charge in [-0.1, -0.05) is 49.1 Å². The van der Waals surface area contributed by atoms with E-state index in [-0.39, 0.29) is 0 Å². The zero-order chi connectivity index (χ0) is 19.4. The molecule has 2 aromatic carbocycles. The molecule has 29 heavy (non-hydrogen) atoms. The average molecular weight is 406 g/mol. The summed E-state index contributed by atoms with van der Waals surface area (Å²) in [6.45, 7) is 4.32. The molecule has 3 aliphatic rings. The summed E-state index contributed by atoms with van der Waals surface area (Å²) >= 11 is 6.57. The molecule has 3 heterocycles. The second-order valence-corrected chi connectivity index (χ2v) is 9.52. The summed E-state index contributed by atoms with van der Waals surface area (Å²) in [7, 11) is 0. The Bertz CT molecular complexity index is 1080. The van der Waals surface area contributed by atoms with E-state index in [1.165, 1.54) is 78.6 Å². The van der Waals surface area contributed by atoms with Crippen LogP contribution in [-0.4, -0.2) is 22.6 Å². The fourth-order valence-corrected chi connectivity index (χ4v) is 6.08. The first-order chi connectivity index (χ1) is 14.3. The van der Waals surface area contributed by atoms with Crippen LogP contribution >= 0.6 is 11.6 Å². The number of rotatable bonds is 2. The molecule has 3 nitrogen and oxygen atoms in total. The Labute approximate surface area is 177 Å². The van der Waals surface area contributed by atoms with Crippen molar-refractivity contribution in [2.24, 2.45) is 5.92 Å². The van der Waals surface area contributed by atoms with E-state index in [2.05, 4.69) is 51.2 Å². The number of anilines is 1. The van der Waals surface area contributed by atoms with Gasteiger partial charge in [-0.25, -0.2) is 0 Å². The first-order valence-corrected chi connectivity index (χ1v) is 11.6. The fourth-order valence-electron chi connectivity index (χ4n) is 5.86. The Kier molecular flexibility index (Phi) is 4.35. The smallest absolute Gasteiger partial charge is 0.0768 e. The summed E-state index contributed by atoms with van der Waals surface area (Å²) in [4.78, 5) is 2.70. The minimum Gasteiger partial charge on any atom is -0.379 e. The number of nitrogens with one attached hydrogen (secondary N) is 1. The van der Waals surface area contributed by atoms with E-state index in [1.54, 1.807) is 0 Å². The van der Waals surface area contributed by atoms with E-state index in [0.29, 0.717) is 0 Å². The van der Waals surface area contributed by atoms with Crippen LogP contribution in [0.2, 0.25) is 5.02 Å². The van der Waals surface area contributed by atoms with Gasteiger partial charge in [0.2, 0.25) is 0 Å². The van der Waals surface area contributed by atoms with Crippen molar-refractivity contribution >= 4 is 28.2 Å². The lowest BCUT2D eigenvalue weighted by molar-refractivity contribution is 0.186. The van der Waals surface area contributed by atoms with Gasteiger partial charge < -0.3 is 9.88 Å². The standard InChI is InChI=1S/C25H28ClN3/c26-19-12-20-21-16-28(15-17-6-2-1-3-7-17)11-10-24(21)29-23-9-5-4-8-18(23)14-27-22(13-19)25(20)29/h4-5,8-9,12-13,17,27H,1-3,6-7,10-11,14-16H2. The van der Waals surface area contributed by atoms with Gasteiger partial charge in [-0.15, -0.1) is 0 Å². The summed E-state index contributed by atoms with van der Waals surface area (Å²) in [5, 5.41) is 5.82. The van der Waals surface area contributed by atoms with Crippen molar-refractivity contribution in [3.63, 3.8) is 0 Å². The first-order valence-electron chi connectivity index (χ1n) is 11.2. The van der Waals surface area contributed by atoms with Crippen molar-refractivity contribution in [3.8, 4) is 5.69 Å². The molecule has 1 aliphatic carbocycles. The van der Waals surface area contributed by atoms with Crippen molar-refractivity contribution in [2.45, 2.75) is 51.6 Å². The Morgan fingerprint density at radius 2 is 1.93 bits per heavy atom. The van der Waals surface area contributed by atoms with Gasteiger partial charge in [0.15, 0.2) is 0 Å². The highest BCUT2D eigenvalue weighted by molar-refractivity contribution is 6.32. The second kappa shape index (κ2) is 7.07. The lowest BCUT2D eigenvalue weighted by Gasteiger charge is -2.33. The molecule has 0 unspecified atom stereocenters. The van der Waals surface area contributed by atoms with Gasteiger partial charge in [-0.2, -0.15) is 0 Å². The average Bonchev–Trinajstić information content (AvgIpc) is 2.96. The van der Waals surface area contributed by atoms with Gasteiger partial charge in [-0.3, -0.25) is 4.90 Å². The molecule has 2 aliphatic heterocycles. The van der Waals surface area contributed by atoms with Crippen molar-refractivity contribution in [3.05, 3.63) is 58.2 Å². The Hall–Kier alpha value is -1.97. The molecular weight excluding hydrogens is 378 g/mol. The summed E-state index contributed by atoms with van der Waals surface area (Å²) in [6, 6.07) is 13.1. The van der Waals surface area contributed by atoms with Crippen molar-refractivity contribution in [1.29, 1.82) is 0 Å². The predicted molar refractivity (Wildman–Crippen MR) is 121 cm³/mol. The number of para-hydroxylation sites is 1. The largest absolute Gasteiger partial charge is 0.379 e. The molecule has 0 saturated heterocycles. The lowest BCUT2D eigenvalue weighted by Crippen LogP contribution is -2.35. The molecule has 1 fully saturated rings. The summed E-state index contributed by atoms with van der Waals surface area (Å²) in [5.74, 6) is 0.888. The number of fused-ring (bicyclic) bond motifs is 5. The molecule has 1 saturated carbocycles. The highest BCUT2D eigenvalue weighted by Gasteiger charge is 2.29. The molecule has 4 heteroatoms. The number of aromatic nitrogens is 1. The third-order valence-electron chi connectivity index (χ3n) is 7.23. The molecule has 0 atom stereocenters. The topological polar surface area (TPSA) is 20.2 Å². The number of hydrogen-bond donors (Lipinski definition) is 1. The number of hydrogen-bond acceptors (Lipinski definition) is 2. The molecule has 0 bridgehead atoms. The van der Waals surface area contributed by atoms with E-state index in [0.717, 1.165) is 36.1 Å². The van der Waals surface area contributed by atoms with Crippen LogP contribution < -0.4 is 5.32 Å². The number of nitrogens with zero attached hydrogens (tertiary/aromatic N) is 2. The van der Waals surface area contributed by atoms with Crippen LogP contribution in [0.3, 0.4) is 0 Å². The molecule has 1 N–H and O–H groups in total. The van der Waals surface area contributed by atoms with Crippen LogP contribution in [0.25, 0.3) is 16.6 Å². The van der Waals surface area contributed by atoms with Crippen molar-refractivity contribution in [2.75, 3.05) is 18.4 Å². The molecule has 0 spiro atoms. The van der Waals surface area contributed by atoms with Gasteiger partial charge >= 0.3 is 0 Å². The molecule has 6 rings (SSSR count). The van der Waals surface area contributed by atoms with E-state index in [1.807, 2.05) is 0 Å². The summed E-state index contributed by atoms with van der Waals surface area (Å²) in [6.07, 6.45) is 8.22. The molecule has 1 aromatic heterocycles. The minimum atomic E-state index is 0.829. The SMILES string of the molecule is Clc1cc2c3c(c1)c1c(n3-c3ccccc3CN2)CCN(CC2CCCCC2)C1. The number of halogens is 1. The van der Waals surface area contributed by atoms with Crippen LogP contribution in [0.4, 0.5) is 5.69 Å². The maximum Gasteiger partial charge on any atom is 0.0768 e. The van der Waals surface area contributed by atoms with Gasteiger partial charge in [0, 0.05) is 48.7 Å². The van der Waals surface area contributed by atoms with E-state index >= 15 is 0 Å². The van der Waals surface area contributed by atoms with Gasteiger partial charge in [0.1, 0.15) is 0 Å². The minimum absolute atomic E-state index is 0.829.